The zero-order valence-corrected chi connectivity index (χ0v) is 15.6. The van der Waals surface area contributed by atoms with Crippen molar-refractivity contribution in [1.29, 1.82) is 0 Å². The van der Waals surface area contributed by atoms with Crippen LogP contribution in [-0.4, -0.2) is 44.4 Å². The van der Waals surface area contributed by atoms with Crippen molar-refractivity contribution < 1.29 is 9.66 Å². The molecular formula is C18H17ClN6O3. The van der Waals surface area contributed by atoms with Crippen molar-refractivity contribution in [1.82, 2.24) is 19.7 Å². The summed E-state index contributed by atoms with van der Waals surface area (Å²) in [4.78, 5) is 21.0. The fourth-order valence-corrected chi connectivity index (χ4v) is 3.38. The molecule has 1 aromatic carbocycles. The lowest BCUT2D eigenvalue weighted by Crippen LogP contribution is -2.40. The van der Waals surface area contributed by atoms with Crippen LogP contribution in [0.4, 0.5) is 11.5 Å². The van der Waals surface area contributed by atoms with Gasteiger partial charge >= 0.3 is 0 Å². The molecule has 0 aliphatic carbocycles. The van der Waals surface area contributed by atoms with Crippen LogP contribution in [0.2, 0.25) is 5.02 Å². The number of aromatic nitrogens is 4. The Labute approximate surface area is 165 Å². The summed E-state index contributed by atoms with van der Waals surface area (Å²) in [5.74, 6) is 1.05. The van der Waals surface area contributed by atoms with E-state index in [0.29, 0.717) is 37.9 Å². The summed E-state index contributed by atoms with van der Waals surface area (Å²) in [6.45, 7) is 2.01. The molecule has 1 atom stereocenters. The average molecular weight is 401 g/mol. The highest BCUT2D eigenvalue weighted by atomic mass is 35.5. The summed E-state index contributed by atoms with van der Waals surface area (Å²) in [5.41, 5.74) is 0.972. The molecule has 0 spiro atoms. The van der Waals surface area contributed by atoms with E-state index in [0.717, 1.165) is 5.56 Å². The SMILES string of the molecule is O=[N+]([O-])c1cnc(N2CCOCC2c2ncn(Cc3ccccc3)n2)c(Cl)c1. The van der Waals surface area contributed by atoms with Crippen molar-refractivity contribution in [2.24, 2.45) is 0 Å². The molecule has 0 amide bonds. The van der Waals surface area contributed by atoms with Crippen molar-refractivity contribution >= 4 is 23.1 Å². The van der Waals surface area contributed by atoms with Gasteiger partial charge in [-0.25, -0.2) is 14.6 Å². The summed E-state index contributed by atoms with van der Waals surface area (Å²) < 4.78 is 7.37. The van der Waals surface area contributed by atoms with Gasteiger partial charge in [-0.05, 0) is 5.56 Å². The number of anilines is 1. The van der Waals surface area contributed by atoms with Gasteiger partial charge in [0.2, 0.25) is 0 Å². The molecule has 0 bridgehead atoms. The van der Waals surface area contributed by atoms with E-state index in [1.54, 1.807) is 11.0 Å². The van der Waals surface area contributed by atoms with Gasteiger partial charge in [0.1, 0.15) is 24.4 Å². The van der Waals surface area contributed by atoms with Crippen LogP contribution in [0.15, 0.2) is 48.9 Å². The highest BCUT2D eigenvalue weighted by Gasteiger charge is 2.31. The summed E-state index contributed by atoms with van der Waals surface area (Å²) in [6, 6.07) is 11.0. The van der Waals surface area contributed by atoms with E-state index >= 15 is 0 Å². The molecule has 1 unspecified atom stereocenters. The van der Waals surface area contributed by atoms with Gasteiger partial charge in [0.15, 0.2) is 5.82 Å². The summed E-state index contributed by atoms with van der Waals surface area (Å²) in [6.07, 6.45) is 2.88. The summed E-state index contributed by atoms with van der Waals surface area (Å²) in [5, 5.41) is 15.7. The van der Waals surface area contributed by atoms with Crippen LogP contribution >= 0.6 is 11.6 Å². The molecule has 1 aliphatic rings. The Morgan fingerprint density at radius 2 is 2.11 bits per heavy atom. The Balaban J connectivity index is 1.59. The maximum atomic E-state index is 10.9. The normalized spacial score (nSPS) is 16.9. The van der Waals surface area contributed by atoms with Crippen LogP contribution in [0.1, 0.15) is 17.4 Å². The quantitative estimate of drug-likeness (QED) is 0.479. The first-order valence-electron chi connectivity index (χ1n) is 8.69. The van der Waals surface area contributed by atoms with Crippen molar-refractivity contribution in [2.75, 3.05) is 24.7 Å². The molecule has 1 fully saturated rings. The minimum atomic E-state index is -0.522. The van der Waals surface area contributed by atoms with E-state index in [-0.39, 0.29) is 16.8 Å². The van der Waals surface area contributed by atoms with Gasteiger partial charge in [-0.1, -0.05) is 41.9 Å². The third-order valence-electron chi connectivity index (χ3n) is 4.46. The third-order valence-corrected chi connectivity index (χ3v) is 4.74. The molecule has 0 radical (unpaired) electrons. The minimum Gasteiger partial charge on any atom is -0.377 e. The Bertz CT molecular complexity index is 980. The third kappa shape index (κ3) is 3.80. The van der Waals surface area contributed by atoms with Gasteiger partial charge in [-0.3, -0.25) is 10.1 Å². The van der Waals surface area contributed by atoms with Crippen molar-refractivity contribution in [2.45, 2.75) is 12.6 Å². The first kappa shape index (κ1) is 18.3. The second-order valence-electron chi connectivity index (χ2n) is 6.33. The highest BCUT2D eigenvalue weighted by molar-refractivity contribution is 6.33. The van der Waals surface area contributed by atoms with Gasteiger partial charge in [-0.2, -0.15) is 5.10 Å². The first-order chi connectivity index (χ1) is 13.6. The molecule has 3 heterocycles. The van der Waals surface area contributed by atoms with Gasteiger partial charge in [-0.15, -0.1) is 0 Å². The van der Waals surface area contributed by atoms with Crippen LogP contribution in [0.3, 0.4) is 0 Å². The first-order valence-corrected chi connectivity index (χ1v) is 9.07. The van der Waals surface area contributed by atoms with E-state index in [4.69, 9.17) is 16.3 Å². The Hall–Kier alpha value is -3.04. The average Bonchev–Trinajstić information content (AvgIpc) is 3.17. The molecule has 28 heavy (non-hydrogen) atoms. The predicted octanol–water partition coefficient (Wildman–Crippen LogP) is 2.86. The largest absolute Gasteiger partial charge is 0.377 e. The number of hydrogen-bond donors (Lipinski definition) is 0. The van der Waals surface area contributed by atoms with Crippen LogP contribution in [0.25, 0.3) is 0 Å². The summed E-state index contributed by atoms with van der Waals surface area (Å²) >= 11 is 6.28. The fourth-order valence-electron chi connectivity index (χ4n) is 3.11. The molecule has 10 heteroatoms. The van der Waals surface area contributed by atoms with Crippen LogP contribution in [0.5, 0.6) is 0 Å². The standard InChI is InChI=1S/C18H17ClN6O3/c19-15-8-14(25(26)27)9-20-18(15)24-6-7-28-11-16(24)17-21-12-23(22-17)10-13-4-2-1-3-5-13/h1-5,8-9,12,16H,6-7,10-11H2. The molecule has 0 saturated carbocycles. The molecule has 2 aromatic heterocycles. The molecule has 144 valence electrons. The predicted molar refractivity (Wildman–Crippen MR) is 102 cm³/mol. The lowest BCUT2D eigenvalue weighted by Gasteiger charge is -2.35. The van der Waals surface area contributed by atoms with Crippen molar-refractivity contribution in [3.63, 3.8) is 0 Å². The van der Waals surface area contributed by atoms with Crippen molar-refractivity contribution in [3.8, 4) is 0 Å². The Morgan fingerprint density at radius 3 is 2.86 bits per heavy atom. The Morgan fingerprint density at radius 1 is 1.29 bits per heavy atom. The number of pyridine rings is 1. The number of benzene rings is 1. The zero-order valence-electron chi connectivity index (χ0n) is 14.8. The number of ether oxygens (including phenoxy) is 1. The molecule has 4 rings (SSSR count). The molecule has 1 aliphatic heterocycles. The van der Waals surface area contributed by atoms with E-state index in [9.17, 15) is 10.1 Å². The maximum Gasteiger partial charge on any atom is 0.289 e. The maximum absolute atomic E-state index is 10.9. The highest BCUT2D eigenvalue weighted by Crippen LogP contribution is 2.33. The van der Waals surface area contributed by atoms with Gasteiger partial charge in [0.05, 0.1) is 29.7 Å². The molecule has 1 saturated heterocycles. The number of nitro groups is 1. The monoisotopic (exact) mass is 400 g/mol. The van der Waals surface area contributed by atoms with Crippen LogP contribution < -0.4 is 4.90 Å². The lowest BCUT2D eigenvalue weighted by molar-refractivity contribution is -0.385. The van der Waals surface area contributed by atoms with E-state index in [1.807, 2.05) is 35.2 Å². The van der Waals surface area contributed by atoms with Gasteiger partial charge in [0.25, 0.3) is 5.69 Å². The Kier molecular flexibility index (Phi) is 5.18. The fraction of sp³-hybridized carbons (Fsp3) is 0.278. The molecular weight excluding hydrogens is 384 g/mol. The second-order valence-corrected chi connectivity index (χ2v) is 6.73. The van der Waals surface area contributed by atoms with E-state index < -0.39 is 4.92 Å². The number of morpholine rings is 1. The second kappa shape index (κ2) is 7.91. The topological polar surface area (TPSA) is 99.2 Å². The summed E-state index contributed by atoms with van der Waals surface area (Å²) in [7, 11) is 0. The zero-order chi connectivity index (χ0) is 19.5. The number of nitrogens with zero attached hydrogens (tertiary/aromatic N) is 6. The van der Waals surface area contributed by atoms with Crippen molar-refractivity contribution in [3.05, 3.63) is 75.4 Å². The van der Waals surface area contributed by atoms with Crippen LogP contribution in [-0.2, 0) is 11.3 Å². The smallest absolute Gasteiger partial charge is 0.289 e. The number of hydrogen-bond acceptors (Lipinski definition) is 7. The lowest BCUT2D eigenvalue weighted by atomic mass is 10.2. The van der Waals surface area contributed by atoms with Gasteiger partial charge in [0, 0.05) is 12.6 Å². The molecule has 3 aromatic rings. The van der Waals surface area contributed by atoms with E-state index in [2.05, 4.69) is 15.1 Å². The molecule has 9 nitrogen and oxygen atoms in total. The van der Waals surface area contributed by atoms with Gasteiger partial charge < -0.3 is 9.64 Å². The number of rotatable bonds is 5. The molecule has 0 N–H and O–H groups in total. The van der Waals surface area contributed by atoms with E-state index in [1.165, 1.54) is 12.3 Å². The minimum absolute atomic E-state index is 0.149. The van der Waals surface area contributed by atoms with Crippen LogP contribution in [0, 0.1) is 10.1 Å². The number of halogens is 1.